The predicted molar refractivity (Wildman–Crippen MR) is 77.3 cm³/mol. The standard InChI is InChI=1S/C14H18N5O3/c20-14(12-2-1-3-13(4-12)18(21)22)5-19-9-15-6-16(10-19)8-17(7-15)11-19/h1-4H,5-11H2/q+1. The molecule has 1 aromatic rings. The van der Waals surface area contributed by atoms with E-state index in [1.165, 1.54) is 12.1 Å². The average molecular weight is 304 g/mol. The number of carbonyl (C=O) groups is 1. The second-order valence-electron chi connectivity index (χ2n) is 6.59. The number of Topliss-reactive ketones (excluding diaryl/α,β-unsaturated/α-hetero) is 1. The highest BCUT2D eigenvalue weighted by atomic mass is 16.6. The molecule has 5 rings (SSSR count). The van der Waals surface area contributed by atoms with E-state index >= 15 is 0 Å². The summed E-state index contributed by atoms with van der Waals surface area (Å²) >= 11 is 0. The Morgan fingerprint density at radius 2 is 1.73 bits per heavy atom. The monoisotopic (exact) mass is 304 g/mol. The topological polar surface area (TPSA) is 69.9 Å². The lowest BCUT2D eigenvalue weighted by Gasteiger charge is -2.60. The number of ketones is 1. The first-order valence-electron chi connectivity index (χ1n) is 7.33. The molecule has 22 heavy (non-hydrogen) atoms. The van der Waals surface area contributed by atoms with E-state index in [9.17, 15) is 14.9 Å². The van der Waals surface area contributed by atoms with Crippen molar-refractivity contribution >= 4 is 11.5 Å². The van der Waals surface area contributed by atoms with Gasteiger partial charge in [-0.05, 0) is 0 Å². The van der Waals surface area contributed by atoms with E-state index in [4.69, 9.17) is 0 Å². The van der Waals surface area contributed by atoms with Crippen LogP contribution >= 0.6 is 0 Å². The first-order chi connectivity index (χ1) is 10.5. The van der Waals surface area contributed by atoms with E-state index in [0.717, 1.165) is 40.0 Å². The minimum atomic E-state index is -0.459. The molecular formula is C14H18N5O3+. The van der Waals surface area contributed by atoms with Gasteiger partial charge in [0.1, 0.15) is 26.6 Å². The maximum Gasteiger partial charge on any atom is 0.270 e. The molecule has 0 spiro atoms. The first kappa shape index (κ1) is 13.8. The number of nitrogens with zero attached hydrogens (tertiary/aromatic N) is 5. The van der Waals surface area contributed by atoms with Gasteiger partial charge in [0.2, 0.25) is 5.78 Å². The Hall–Kier alpha value is -1.87. The molecule has 0 amide bonds. The van der Waals surface area contributed by atoms with Crippen LogP contribution in [0.5, 0.6) is 0 Å². The maximum atomic E-state index is 12.6. The summed E-state index contributed by atoms with van der Waals surface area (Å²) in [5.74, 6) is -0.0192. The van der Waals surface area contributed by atoms with Gasteiger partial charge in [0.15, 0.2) is 0 Å². The van der Waals surface area contributed by atoms with Gasteiger partial charge < -0.3 is 0 Å². The van der Waals surface area contributed by atoms with Crippen LogP contribution in [0.3, 0.4) is 0 Å². The number of benzene rings is 1. The van der Waals surface area contributed by atoms with E-state index in [0.29, 0.717) is 16.6 Å². The van der Waals surface area contributed by atoms with E-state index in [-0.39, 0.29) is 11.5 Å². The van der Waals surface area contributed by atoms with E-state index in [1.807, 2.05) is 0 Å². The molecule has 116 valence electrons. The number of rotatable bonds is 4. The zero-order chi connectivity index (χ0) is 15.3. The second-order valence-corrected chi connectivity index (χ2v) is 6.59. The fraction of sp³-hybridized carbons (Fsp3) is 0.500. The Morgan fingerprint density at radius 1 is 1.14 bits per heavy atom. The number of quaternary nitrogens is 1. The van der Waals surface area contributed by atoms with Crippen LogP contribution in [0.4, 0.5) is 5.69 Å². The van der Waals surface area contributed by atoms with Crippen molar-refractivity contribution in [2.75, 3.05) is 46.6 Å². The SMILES string of the molecule is O=C(C[N+]12CN3CN(CN(C3)C1)C2)c1cccc([N+](=O)[O-])c1. The Kier molecular flexibility index (Phi) is 3.01. The Balaban J connectivity index is 1.55. The first-order valence-corrected chi connectivity index (χ1v) is 7.33. The van der Waals surface area contributed by atoms with Crippen LogP contribution in [-0.2, 0) is 0 Å². The molecule has 4 saturated heterocycles. The molecule has 4 aliphatic heterocycles. The van der Waals surface area contributed by atoms with Crippen molar-refractivity contribution in [2.24, 2.45) is 0 Å². The van der Waals surface area contributed by atoms with Crippen molar-refractivity contribution in [1.29, 1.82) is 0 Å². The highest BCUT2D eigenvalue weighted by molar-refractivity contribution is 5.97. The molecule has 8 nitrogen and oxygen atoms in total. The van der Waals surface area contributed by atoms with Gasteiger partial charge >= 0.3 is 0 Å². The highest BCUT2D eigenvalue weighted by Crippen LogP contribution is 2.29. The summed E-state index contributed by atoms with van der Waals surface area (Å²) in [6.07, 6.45) is 0. The molecule has 0 saturated carbocycles. The minimum Gasteiger partial charge on any atom is -0.288 e. The van der Waals surface area contributed by atoms with Crippen LogP contribution in [0.25, 0.3) is 0 Å². The zero-order valence-corrected chi connectivity index (χ0v) is 12.2. The normalized spacial score (nSPS) is 35.5. The third-order valence-corrected chi connectivity index (χ3v) is 4.56. The lowest BCUT2D eigenvalue weighted by molar-refractivity contribution is -0.973. The van der Waals surface area contributed by atoms with Crippen LogP contribution < -0.4 is 0 Å². The molecule has 4 bridgehead atoms. The molecule has 1 aromatic carbocycles. The van der Waals surface area contributed by atoms with Crippen LogP contribution in [0.15, 0.2) is 24.3 Å². The van der Waals surface area contributed by atoms with Gasteiger partial charge in [-0.1, -0.05) is 12.1 Å². The molecule has 0 atom stereocenters. The number of nitro benzene ring substituents is 1. The summed E-state index contributed by atoms with van der Waals surface area (Å²) < 4.78 is 0.710. The third-order valence-electron chi connectivity index (χ3n) is 4.56. The van der Waals surface area contributed by atoms with E-state index < -0.39 is 4.92 Å². The fourth-order valence-corrected chi connectivity index (χ4v) is 4.00. The van der Waals surface area contributed by atoms with Crippen molar-refractivity contribution < 1.29 is 14.2 Å². The molecule has 8 heteroatoms. The summed E-state index contributed by atoms with van der Waals surface area (Å²) in [6.45, 7) is 5.96. The summed E-state index contributed by atoms with van der Waals surface area (Å²) in [5, 5.41) is 10.9. The quantitative estimate of drug-likeness (QED) is 0.344. The van der Waals surface area contributed by atoms with Crippen molar-refractivity contribution in [3.05, 3.63) is 39.9 Å². The van der Waals surface area contributed by atoms with Crippen molar-refractivity contribution in [2.45, 2.75) is 0 Å². The van der Waals surface area contributed by atoms with Gasteiger partial charge in [-0.2, -0.15) is 0 Å². The smallest absolute Gasteiger partial charge is 0.270 e. The molecule has 0 aliphatic carbocycles. The van der Waals surface area contributed by atoms with Crippen molar-refractivity contribution in [3.8, 4) is 0 Å². The Morgan fingerprint density at radius 3 is 2.27 bits per heavy atom. The molecule has 0 aromatic heterocycles. The molecule has 4 heterocycles. The number of hydrogen-bond donors (Lipinski definition) is 0. The summed E-state index contributed by atoms with van der Waals surface area (Å²) in [6, 6.07) is 6.04. The van der Waals surface area contributed by atoms with Gasteiger partial charge in [0.25, 0.3) is 5.69 Å². The lowest BCUT2D eigenvalue weighted by Crippen LogP contribution is -2.79. The van der Waals surface area contributed by atoms with Crippen LogP contribution in [0.2, 0.25) is 0 Å². The third kappa shape index (κ3) is 2.30. The van der Waals surface area contributed by atoms with Gasteiger partial charge in [-0.3, -0.25) is 19.4 Å². The fourth-order valence-electron chi connectivity index (χ4n) is 4.00. The molecule has 4 fully saturated rings. The summed E-state index contributed by atoms with van der Waals surface area (Å²) in [5.41, 5.74) is 0.406. The molecule has 0 radical (unpaired) electrons. The molecule has 0 N–H and O–H groups in total. The van der Waals surface area contributed by atoms with Crippen LogP contribution in [-0.4, -0.2) is 76.4 Å². The number of nitro groups is 1. The van der Waals surface area contributed by atoms with Gasteiger partial charge in [0, 0.05) is 17.7 Å². The predicted octanol–water partition coefficient (Wildman–Crippen LogP) is 0.286. The summed E-state index contributed by atoms with van der Waals surface area (Å²) in [7, 11) is 0. The largest absolute Gasteiger partial charge is 0.288 e. The highest BCUT2D eigenvalue weighted by Gasteiger charge is 2.49. The van der Waals surface area contributed by atoms with E-state index in [1.54, 1.807) is 12.1 Å². The van der Waals surface area contributed by atoms with Gasteiger partial charge in [0.05, 0.1) is 24.9 Å². The van der Waals surface area contributed by atoms with Gasteiger partial charge in [-0.25, -0.2) is 14.7 Å². The van der Waals surface area contributed by atoms with Crippen LogP contribution in [0, 0.1) is 10.1 Å². The van der Waals surface area contributed by atoms with Crippen LogP contribution in [0.1, 0.15) is 10.4 Å². The average Bonchev–Trinajstić information content (AvgIpc) is 2.45. The Labute approximate surface area is 127 Å². The molecule has 0 unspecified atom stereocenters. The maximum absolute atomic E-state index is 12.6. The second kappa shape index (κ2) is 4.82. The molecular weight excluding hydrogens is 286 g/mol. The number of carbonyl (C=O) groups excluding carboxylic acids is 1. The van der Waals surface area contributed by atoms with Crippen molar-refractivity contribution in [1.82, 2.24) is 14.7 Å². The lowest BCUT2D eigenvalue weighted by atomic mass is 10.1. The number of hydrogen-bond acceptors (Lipinski definition) is 6. The molecule has 4 aliphatic rings. The zero-order valence-electron chi connectivity index (χ0n) is 12.2. The summed E-state index contributed by atoms with van der Waals surface area (Å²) in [4.78, 5) is 30.0. The minimum absolute atomic E-state index is 0.0192. The number of non-ortho nitro benzene ring substituents is 1. The van der Waals surface area contributed by atoms with E-state index in [2.05, 4.69) is 14.7 Å². The Bertz CT molecular complexity index is 612. The van der Waals surface area contributed by atoms with Gasteiger partial charge in [-0.15, -0.1) is 0 Å². The van der Waals surface area contributed by atoms with Crippen molar-refractivity contribution in [3.63, 3.8) is 0 Å².